The Balaban J connectivity index is 1.73. The van der Waals surface area contributed by atoms with Crippen LogP contribution in [0.25, 0.3) is 0 Å². The van der Waals surface area contributed by atoms with Crippen LogP contribution in [-0.2, 0) is 6.54 Å². The van der Waals surface area contributed by atoms with Gasteiger partial charge in [0.25, 0.3) is 0 Å². The van der Waals surface area contributed by atoms with Gasteiger partial charge in [0.2, 0.25) is 0 Å². The molecule has 1 aliphatic rings. The van der Waals surface area contributed by atoms with Crippen molar-refractivity contribution in [1.82, 2.24) is 10.6 Å². The van der Waals surface area contributed by atoms with Crippen molar-refractivity contribution in [2.75, 3.05) is 0 Å². The second-order valence-corrected chi connectivity index (χ2v) is 4.11. The molecule has 0 aromatic heterocycles. The molecule has 0 atom stereocenters. The molecule has 1 aromatic rings. The van der Waals surface area contributed by atoms with Gasteiger partial charge in [0.15, 0.2) is 0 Å². The van der Waals surface area contributed by atoms with E-state index in [0.717, 1.165) is 0 Å². The van der Waals surface area contributed by atoms with E-state index in [2.05, 4.69) is 10.6 Å². The Morgan fingerprint density at radius 3 is 2.88 bits per heavy atom. The monoisotopic (exact) mass is 234 g/mol. The summed E-state index contributed by atoms with van der Waals surface area (Å²) in [6.45, 7) is 0.190. The first-order chi connectivity index (χ1) is 8.25. The lowest BCUT2D eigenvalue weighted by atomic mass is 10.2. The third kappa shape index (κ3) is 3.90. The lowest BCUT2D eigenvalue weighted by molar-refractivity contribution is 0.243. The van der Waals surface area contributed by atoms with Crippen LogP contribution in [-0.4, -0.2) is 6.03 Å². The number of amides is 2. The predicted molar refractivity (Wildman–Crippen MR) is 63.6 cm³/mol. The van der Waals surface area contributed by atoms with E-state index in [-0.39, 0.29) is 18.4 Å². The summed E-state index contributed by atoms with van der Waals surface area (Å²) in [5.41, 5.74) is 0.480. The summed E-state index contributed by atoms with van der Waals surface area (Å²) in [6, 6.07) is 6.07. The summed E-state index contributed by atoms with van der Waals surface area (Å²) >= 11 is 0. The molecular formula is C13H15FN2O. The van der Waals surface area contributed by atoms with E-state index < -0.39 is 0 Å². The zero-order chi connectivity index (χ0) is 12.1. The minimum Gasteiger partial charge on any atom is -0.334 e. The summed E-state index contributed by atoms with van der Waals surface area (Å²) in [5, 5.41) is 5.18. The number of hydrogen-bond acceptors (Lipinski definition) is 1. The van der Waals surface area contributed by atoms with Gasteiger partial charge in [0, 0.05) is 18.3 Å². The molecule has 0 unspecified atom stereocenters. The average Bonchev–Trinajstić information content (AvgIpc) is 3.12. The molecule has 90 valence electrons. The number of carbonyl (C=O) groups is 1. The van der Waals surface area contributed by atoms with Crippen LogP contribution in [0.1, 0.15) is 18.4 Å². The number of nitrogens with one attached hydrogen (secondary N) is 2. The Bertz CT molecular complexity index is 427. The molecule has 0 aliphatic heterocycles. The Labute approximate surface area is 99.7 Å². The molecule has 0 bridgehead atoms. The molecule has 4 heteroatoms. The summed E-state index contributed by atoms with van der Waals surface area (Å²) in [6.07, 6.45) is 6.03. The van der Waals surface area contributed by atoms with Crippen molar-refractivity contribution in [1.29, 1.82) is 0 Å². The maximum atomic E-state index is 13.2. The quantitative estimate of drug-likeness (QED) is 0.825. The second-order valence-electron chi connectivity index (χ2n) is 4.11. The minimum absolute atomic E-state index is 0.190. The molecule has 0 saturated heterocycles. The molecule has 1 fully saturated rings. The van der Waals surface area contributed by atoms with Gasteiger partial charge >= 0.3 is 6.03 Å². The summed E-state index contributed by atoms with van der Waals surface area (Å²) in [5.74, 6) is 0.322. The number of hydrogen-bond donors (Lipinski definition) is 2. The molecular weight excluding hydrogens is 219 g/mol. The molecule has 0 radical (unpaired) electrons. The summed E-state index contributed by atoms with van der Waals surface area (Å²) in [4.78, 5) is 11.3. The number of rotatable bonds is 4. The van der Waals surface area contributed by atoms with E-state index in [1.807, 2.05) is 6.08 Å². The highest BCUT2D eigenvalue weighted by Gasteiger charge is 2.16. The molecule has 2 amide bonds. The van der Waals surface area contributed by atoms with Gasteiger partial charge in [-0.3, -0.25) is 0 Å². The highest BCUT2D eigenvalue weighted by Crippen LogP contribution is 2.29. The highest BCUT2D eigenvalue weighted by molar-refractivity contribution is 5.74. The van der Waals surface area contributed by atoms with Crippen LogP contribution in [0.15, 0.2) is 36.5 Å². The van der Waals surface area contributed by atoms with Crippen molar-refractivity contribution in [3.05, 3.63) is 47.9 Å². The van der Waals surface area contributed by atoms with Gasteiger partial charge in [-0.05, 0) is 24.8 Å². The summed E-state index contributed by atoms with van der Waals surface area (Å²) < 4.78 is 13.2. The highest BCUT2D eigenvalue weighted by atomic mass is 19.1. The first-order valence-electron chi connectivity index (χ1n) is 5.70. The van der Waals surface area contributed by atoms with Crippen molar-refractivity contribution in [3.8, 4) is 0 Å². The van der Waals surface area contributed by atoms with E-state index in [0.29, 0.717) is 11.5 Å². The summed E-state index contributed by atoms with van der Waals surface area (Å²) in [7, 11) is 0. The van der Waals surface area contributed by atoms with Crippen molar-refractivity contribution in [2.24, 2.45) is 5.92 Å². The molecule has 3 nitrogen and oxygen atoms in total. The normalized spacial score (nSPS) is 14.9. The Morgan fingerprint density at radius 2 is 2.18 bits per heavy atom. The zero-order valence-corrected chi connectivity index (χ0v) is 9.45. The van der Waals surface area contributed by atoms with Gasteiger partial charge in [-0.25, -0.2) is 9.18 Å². The van der Waals surface area contributed by atoms with Crippen molar-refractivity contribution in [2.45, 2.75) is 19.4 Å². The third-order valence-electron chi connectivity index (χ3n) is 2.60. The van der Waals surface area contributed by atoms with E-state index in [9.17, 15) is 9.18 Å². The number of allylic oxidation sites excluding steroid dienone is 1. The SMILES string of the molecule is O=C(N/C=C/C1CC1)NCc1ccccc1F. The zero-order valence-electron chi connectivity index (χ0n) is 9.45. The van der Waals surface area contributed by atoms with Gasteiger partial charge in [-0.2, -0.15) is 0 Å². The van der Waals surface area contributed by atoms with Crippen LogP contribution < -0.4 is 10.6 Å². The maximum absolute atomic E-state index is 13.2. The number of halogens is 1. The van der Waals surface area contributed by atoms with Crippen LogP contribution in [0.4, 0.5) is 9.18 Å². The van der Waals surface area contributed by atoms with E-state index >= 15 is 0 Å². The van der Waals surface area contributed by atoms with Gasteiger partial charge in [0.1, 0.15) is 5.82 Å². The van der Waals surface area contributed by atoms with E-state index in [1.165, 1.54) is 18.9 Å². The van der Waals surface area contributed by atoms with Gasteiger partial charge < -0.3 is 10.6 Å². The molecule has 1 saturated carbocycles. The predicted octanol–water partition coefficient (Wildman–Crippen LogP) is 2.55. The molecule has 2 rings (SSSR count). The van der Waals surface area contributed by atoms with Crippen molar-refractivity contribution < 1.29 is 9.18 Å². The van der Waals surface area contributed by atoms with Gasteiger partial charge in [0.05, 0.1) is 0 Å². The van der Waals surface area contributed by atoms with Crippen molar-refractivity contribution in [3.63, 3.8) is 0 Å². The molecule has 0 heterocycles. The van der Waals surface area contributed by atoms with Crippen LogP contribution in [0.5, 0.6) is 0 Å². The van der Waals surface area contributed by atoms with E-state index in [4.69, 9.17) is 0 Å². The molecule has 17 heavy (non-hydrogen) atoms. The first kappa shape index (κ1) is 11.6. The van der Waals surface area contributed by atoms with Gasteiger partial charge in [-0.15, -0.1) is 0 Å². The van der Waals surface area contributed by atoms with Crippen LogP contribution in [0, 0.1) is 11.7 Å². The maximum Gasteiger partial charge on any atom is 0.319 e. The second kappa shape index (κ2) is 5.48. The standard InChI is InChI=1S/C13H15FN2O/c14-12-4-2-1-3-11(12)9-16-13(17)15-8-7-10-5-6-10/h1-4,7-8,10H,5-6,9H2,(H2,15,16,17)/b8-7+. The van der Waals surface area contributed by atoms with Crippen LogP contribution >= 0.6 is 0 Å². The molecule has 0 spiro atoms. The van der Waals surface area contributed by atoms with Crippen molar-refractivity contribution >= 4 is 6.03 Å². The fourth-order valence-corrected chi connectivity index (χ4v) is 1.42. The van der Waals surface area contributed by atoms with Crippen LogP contribution in [0.3, 0.4) is 0 Å². The fourth-order valence-electron chi connectivity index (χ4n) is 1.42. The smallest absolute Gasteiger partial charge is 0.319 e. The molecule has 1 aliphatic carbocycles. The molecule has 1 aromatic carbocycles. The largest absolute Gasteiger partial charge is 0.334 e. The average molecular weight is 234 g/mol. The Kier molecular flexibility index (Phi) is 3.75. The first-order valence-corrected chi connectivity index (χ1v) is 5.70. The Morgan fingerprint density at radius 1 is 1.41 bits per heavy atom. The lowest BCUT2D eigenvalue weighted by Crippen LogP contribution is -2.31. The number of benzene rings is 1. The topological polar surface area (TPSA) is 41.1 Å². The Hall–Kier alpha value is -1.84. The third-order valence-corrected chi connectivity index (χ3v) is 2.60. The molecule has 2 N–H and O–H groups in total. The number of urea groups is 1. The van der Waals surface area contributed by atoms with Gasteiger partial charge in [-0.1, -0.05) is 24.3 Å². The van der Waals surface area contributed by atoms with Crippen LogP contribution in [0.2, 0.25) is 0 Å². The minimum atomic E-state index is -0.315. The van der Waals surface area contributed by atoms with E-state index in [1.54, 1.807) is 24.4 Å². The lowest BCUT2D eigenvalue weighted by Gasteiger charge is -2.05. The fraction of sp³-hybridized carbons (Fsp3) is 0.308. The number of carbonyl (C=O) groups excluding carboxylic acids is 1.